The van der Waals surface area contributed by atoms with Gasteiger partial charge in [0.15, 0.2) is 0 Å². The quantitative estimate of drug-likeness (QED) is 0.759. The Kier molecular flexibility index (Phi) is 2.14. The highest BCUT2D eigenvalue weighted by Crippen LogP contribution is 2.15. The molecule has 1 N–H and O–H groups in total. The van der Waals surface area contributed by atoms with E-state index in [1.165, 1.54) is 16.7 Å². The molecule has 0 bridgehead atoms. The third kappa shape index (κ3) is 1.35. The van der Waals surface area contributed by atoms with E-state index in [-0.39, 0.29) is 12.2 Å². The number of imidazole rings is 1. The topological polar surface area (TPSA) is 61.3 Å². The molecule has 0 aliphatic heterocycles. The Morgan fingerprint density at radius 1 is 1.67 bits per heavy atom. The van der Waals surface area contributed by atoms with Gasteiger partial charge in [0.25, 0.3) is 0 Å². The standard InChI is InChI=1S/C10H8FN3O/c1-6-9(5-15)14-4-7(3-12)8(11)2-10(14)13-6/h2,4,15H,5H2,1H3. The first-order chi connectivity index (χ1) is 7.17. The van der Waals surface area contributed by atoms with Gasteiger partial charge in [-0.15, -0.1) is 0 Å². The predicted octanol–water partition coefficient (Wildman–Crippen LogP) is 1.15. The molecule has 0 fully saturated rings. The highest BCUT2D eigenvalue weighted by atomic mass is 19.1. The second-order valence-corrected chi connectivity index (χ2v) is 3.18. The summed E-state index contributed by atoms with van der Waals surface area (Å²) in [4.78, 5) is 4.07. The maximum Gasteiger partial charge on any atom is 0.146 e. The second-order valence-electron chi connectivity index (χ2n) is 3.18. The Morgan fingerprint density at radius 2 is 2.40 bits per heavy atom. The number of nitrogens with zero attached hydrogens (tertiary/aromatic N) is 3. The molecule has 15 heavy (non-hydrogen) atoms. The number of hydrogen-bond donors (Lipinski definition) is 1. The SMILES string of the molecule is Cc1nc2cc(F)c(C#N)cn2c1CO. The fourth-order valence-corrected chi connectivity index (χ4v) is 1.50. The molecule has 5 heteroatoms. The Morgan fingerprint density at radius 3 is 3.00 bits per heavy atom. The fourth-order valence-electron chi connectivity index (χ4n) is 1.50. The van der Waals surface area contributed by atoms with Gasteiger partial charge >= 0.3 is 0 Å². The lowest BCUT2D eigenvalue weighted by Gasteiger charge is -1.99. The van der Waals surface area contributed by atoms with Crippen LogP contribution in [0.4, 0.5) is 4.39 Å². The Balaban J connectivity index is 2.84. The summed E-state index contributed by atoms with van der Waals surface area (Å²) < 4.78 is 14.8. The number of aliphatic hydroxyl groups excluding tert-OH is 1. The molecule has 0 aliphatic carbocycles. The lowest BCUT2D eigenvalue weighted by molar-refractivity contribution is 0.275. The van der Waals surface area contributed by atoms with Crippen molar-refractivity contribution in [1.82, 2.24) is 9.38 Å². The molecule has 0 saturated heterocycles. The number of pyridine rings is 1. The van der Waals surface area contributed by atoms with E-state index in [4.69, 9.17) is 10.4 Å². The molecule has 2 aromatic rings. The molecular weight excluding hydrogens is 197 g/mol. The zero-order valence-corrected chi connectivity index (χ0v) is 8.03. The zero-order valence-electron chi connectivity index (χ0n) is 8.03. The lowest BCUT2D eigenvalue weighted by atomic mass is 10.3. The fraction of sp³-hybridized carbons (Fsp3) is 0.200. The van der Waals surface area contributed by atoms with Crippen LogP contribution in [0.25, 0.3) is 5.65 Å². The molecular formula is C10H8FN3O. The van der Waals surface area contributed by atoms with Crippen LogP contribution in [-0.4, -0.2) is 14.5 Å². The number of aryl methyl sites for hydroxylation is 1. The minimum Gasteiger partial charge on any atom is -0.390 e. The minimum absolute atomic E-state index is 0.0606. The van der Waals surface area contributed by atoms with E-state index in [0.717, 1.165) is 0 Å². The van der Waals surface area contributed by atoms with Crippen LogP contribution < -0.4 is 0 Å². The number of rotatable bonds is 1. The van der Waals surface area contributed by atoms with Crippen molar-refractivity contribution in [2.45, 2.75) is 13.5 Å². The molecule has 2 heterocycles. The summed E-state index contributed by atoms with van der Waals surface area (Å²) in [6, 6.07) is 2.93. The smallest absolute Gasteiger partial charge is 0.146 e. The largest absolute Gasteiger partial charge is 0.390 e. The molecule has 0 unspecified atom stereocenters. The summed E-state index contributed by atoms with van der Waals surface area (Å²) >= 11 is 0. The van der Waals surface area contributed by atoms with Crippen LogP contribution in [0.1, 0.15) is 17.0 Å². The number of fused-ring (bicyclic) bond motifs is 1. The first-order valence-electron chi connectivity index (χ1n) is 4.35. The normalized spacial score (nSPS) is 10.5. The van der Waals surface area contributed by atoms with Crippen molar-refractivity contribution in [2.75, 3.05) is 0 Å². The molecule has 0 saturated carbocycles. The van der Waals surface area contributed by atoms with E-state index >= 15 is 0 Å². The highest BCUT2D eigenvalue weighted by molar-refractivity contribution is 5.47. The Hall–Kier alpha value is -1.93. The third-order valence-electron chi connectivity index (χ3n) is 2.28. The summed E-state index contributed by atoms with van der Waals surface area (Å²) in [7, 11) is 0. The Labute approximate surface area is 85.2 Å². The van der Waals surface area contributed by atoms with Gasteiger partial charge in [-0.25, -0.2) is 9.37 Å². The van der Waals surface area contributed by atoms with E-state index in [2.05, 4.69) is 4.98 Å². The molecule has 0 radical (unpaired) electrons. The molecule has 2 rings (SSSR count). The van der Waals surface area contributed by atoms with Gasteiger partial charge in [-0.3, -0.25) is 4.40 Å². The summed E-state index contributed by atoms with van der Waals surface area (Å²) in [6.07, 6.45) is 1.34. The van der Waals surface area contributed by atoms with E-state index in [0.29, 0.717) is 17.0 Å². The van der Waals surface area contributed by atoms with E-state index in [1.807, 2.05) is 0 Å². The molecule has 4 nitrogen and oxygen atoms in total. The van der Waals surface area contributed by atoms with Crippen molar-refractivity contribution in [2.24, 2.45) is 0 Å². The van der Waals surface area contributed by atoms with Gasteiger partial charge in [0.1, 0.15) is 23.1 Å². The number of halogens is 1. The summed E-state index contributed by atoms with van der Waals surface area (Å²) in [5, 5.41) is 17.8. The van der Waals surface area contributed by atoms with Crippen molar-refractivity contribution in [1.29, 1.82) is 5.26 Å². The average molecular weight is 205 g/mol. The molecule has 76 valence electrons. The second kappa shape index (κ2) is 3.33. The van der Waals surface area contributed by atoms with Gasteiger partial charge < -0.3 is 5.11 Å². The molecule has 0 aromatic carbocycles. The molecule has 0 aliphatic rings. The number of nitriles is 1. The molecule has 0 atom stereocenters. The minimum atomic E-state index is -0.598. The van der Waals surface area contributed by atoms with Crippen LogP contribution >= 0.6 is 0 Å². The number of aromatic nitrogens is 2. The van der Waals surface area contributed by atoms with Crippen molar-refractivity contribution in [3.8, 4) is 6.07 Å². The Bertz CT molecular complexity index is 568. The maximum absolute atomic E-state index is 13.2. The molecule has 0 spiro atoms. The summed E-state index contributed by atoms with van der Waals surface area (Å²) in [5.74, 6) is -0.598. The van der Waals surface area contributed by atoms with Crippen LogP contribution in [0.5, 0.6) is 0 Å². The highest BCUT2D eigenvalue weighted by Gasteiger charge is 2.11. The van der Waals surface area contributed by atoms with E-state index in [1.54, 1.807) is 13.0 Å². The number of aliphatic hydroxyl groups is 1. The van der Waals surface area contributed by atoms with Gasteiger partial charge in [-0.1, -0.05) is 0 Å². The van der Waals surface area contributed by atoms with Gasteiger partial charge in [0.05, 0.1) is 18.0 Å². The van der Waals surface area contributed by atoms with Gasteiger partial charge in [-0.05, 0) is 6.92 Å². The monoisotopic (exact) mass is 205 g/mol. The lowest BCUT2D eigenvalue weighted by Crippen LogP contribution is -1.96. The average Bonchev–Trinajstić information content (AvgIpc) is 2.51. The molecule has 2 aromatic heterocycles. The van der Waals surface area contributed by atoms with Crippen molar-refractivity contribution >= 4 is 5.65 Å². The van der Waals surface area contributed by atoms with Crippen molar-refractivity contribution in [3.05, 3.63) is 35.0 Å². The van der Waals surface area contributed by atoms with Crippen LogP contribution in [0, 0.1) is 24.1 Å². The van der Waals surface area contributed by atoms with Gasteiger partial charge in [-0.2, -0.15) is 5.26 Å². The maximum atomic E-state index is 13.2. The predicted molar refractivity (Wildman–Crippen MR) is 50.5 cm³/mol. The third-order valence-corrected chi connectivity index (χ3v) is 2.28. The first kappa shape index (κ1) is 9.62. The van der Waals surface area contributed by atoms with Crippen molar-refractivity contribution < 1.29 is 9.50 Å². The van der Waals surface area contributed by atoms with Crippen LogP contribution in [0.15, 0.2) is 12.3 Å². The van der Waals surface area contributed by atoms with E-state index < -0.39 is 5.82 Å². The molecule has 0 amide bonds. The summed E-state index contributed by atoms with van der Waals surface area (Å²) in [5.41, 5.74) is 1.54. The van der Waals surface area contributed by atoms with Crippen LogP contribution in [0.3, 0.4) is 0 Å². The van der Waals surface area contributed by atoms with Crippen LogP contribution in [0.2, 0.25) is 0 Å². The van der Waals surface area contributed by atoms with Crippen molar-refractivity contribution in [3.63, 3.8) is 0 Å². The van der Waals surface area contributed by atoms with Gasteiger partial charge in [0.2, 0.25) is 0 Å². The zero-order chi connectivity index (χ0) is 11.0. The van der Waals surface area contributed by atoms with Crippen LogP contribution in [-0.2, 0) is 6.61 Å². The van der Waals surface area contributed by atoms with E-state index in [9.17, 15) is 4.39 Å². The van der Waals surface area contributed by atoms with Gasteiger partial charge in [0, 0.05) is 12.3 Å². The summed E-state index contributed by atoms with van der Waals surface area (Å²) in [6.45, 7) is 1.53. The number of hydrogen-bond acceptors (Lipinski definition) is 3. The first-order valence-corrected chi connectivity index (χ1v) is 4.35.